The average Bonchev–Trinajstić information content (AvgIpc) is 2.99. The molecule has 1 aromatic rings. The van der Waals surface area contributed by atoms with Crippen molar-refractivity contribution in [2.75, 3.05) is 19.6 Å². The molecular formula is C16H29IN4S. The first-order valence-corrected chi connectivity index (χ1v) is 8.88. The lowest BCUT2D eigenvalue weighted by Crippen LogP contribution is -2.49. The number of aliphatic imine (C=N–C) groups is 1. The Balaban J connectivity index is 0.00000242. The van der Waals surface area contributed by atoms with E-state index < -0.39 is 0 Å². The number of halogens is 1. The Morgan fingerprint density at radius 2 is 2.14 bits per heavy atom. The lowest BCUT2D eigenvalue weighted by molar-refractivity contribution is 0.167. The van der Waals surface area contributed by atoms with E-state index in [9.17, 15) is 0 Å². The van der Waals surface area contributed by atoms with E-state index in [4.69, 9.17) is 4.99 Å². The summed E-state index contributed by atoms with van der Waals surface area (Å²) in [6, 6.07) is 5.42. The van der Waals surface area contributed by atoms with Crippen LogP contribution >= 0.6 is 35.3 Å². The highest BCUT2D eigenvalue weighted by Gasteiger charge is 2.21. The molecule has 0 bridgehead atoms. The lowest BCUT2D eigenvalue weighted by Gasteiger charge is -2.35. The van der Waals surface area contributed by atoms with Gasteiger partial charge in [-0.05, 0) is 45.1 Å². The van der Waals surface area contributed by atoms with E-state index in [1.54, 1.807) is 11.3 Å². The number of guanidine groups is 1. The first-order valence-electron chi connectivity index (χ1n) is 8.00. The van der Waals surface area contributed by atoms with E-state index in [-0.39, 0.29) is 24.0 Å². The van der Waals surface area contributed by atoms with Gasteiger partial charge in [-0.25, -0.2) is 4.99 Å². The molecule has 0 amide bonds. The Morgan fingerprint density at radius 3 is 2.68 bits per heavy atom. The molecule has 2 N–H and O–H groups in total. The van der Waals surface area contributed by atoms with Crippen molar-refractivity contribution in [3.8, 4) is 0 Å². The SMILES string of the molecule is CCNC(=NCc1cccs1)NC1CCN(C(C)C)CC1.I. The maximum atomic E-state index is 4.70. The van der Waals surface area contributed by atoms with E-state index >= 15 is 0 Å². The van der Waals surface area contributed by atoms with Crippen molar-refractivity contribution in [2.45, 2.75) is 52.2 Å². The monoisotopic (exact) mass is 436 g/mol. The Morgan fingerprint density at radius 1 is 1.41 bits per heavy atom. The smallest absolute Gasteiger partial charge is 0.191 e. The van der Waals surface area contributed by atoms with Crippen LogP contribution in [0.15, 0.2) is 22.5 Å². The van der Waals surface area contributed by atoms with Crippen molar-refractivity contribution in [3.05, 3.63) is 22.4 Å². The summed E-state index contributed by atoms with van der Waals surface area (Å²) in [6.45, 7) is 10.7. The van der Waals surface area contributed by atoms with E-state index in [2.05, 4.69) is 53.8 Å². The van der Waals surface area contributed by atoms with Gasteiger partial charge in [0.1, 0.15) is 0 Å². The molecule has 22 heavy (non-hydrogen) atoms. The second kappa shape index (κ2) is 10.4. The second-order valence-corrected chi connectivity index (χ2v) is 6.86. The number of hydrogen-bond donors (Lipinski definition) is 2. The van der Waals surface area contributed by atoms with Gasteiger partial charge in [-0.2, -0.15) is 0 Å². The largest absolute Gasteiger partial charge is 0.357 e. The number of thiophene rings is 1. The van der Waals surface area contributed by atoms with E-state index in [1.165, 1.54) is 30.8 Å². The first kappa shape index (κ1) is 19.7. The van der Waals surface area contributed by atoms with Crippen LogP contribution in [0.2, 0.25) is 0 Å². The van der Waals surface area contributed by atoms with Crippen molar-refractivity contribution < 1.29 is 0 Å². The molecule has 1 aliphatic heterocycles. The summed E-state index contributed by atoms with van der Waals surface area (Å²) >= 11 is 1.76. The van der Waals surface area contributed by atoms with Gasteiger partial charge in [0.2, 0.25) is 0 Å². The minimum atomic E-state index is 0. The summed E-state index contributed by atoms with van der Waals surface area (Å²) in [6.07, 6.45) is 2.39. The predicted octanol–water partition coefficient (Wildman–Crippen LogP) is 3.29. The zero-order chi connectivity index (χ0) is 15.1. The van der Waals surface area contributed by atoms with Crippen LogP contribution in [0.3, 0.4) is 0 Å². The van der Waals surface area contributed by atoms with Crippen LogP contribution in [0, 0.1) is 0 Å². The van der Waals surface area contributed by atoms with Crippen molar-refractivity contribution in [1.29, 1.82) is 0 Å². The molecule has 1 aliphatic rings. The van der Waals surface area contributed by atoms with Gasteiger partial charge in [-0.15, -0.1) is 35.3 Å². The summed E-state index contributed by atoms with van der Waals surface area (Å²) in [5.41, 5.74) is 0. The van der Waals surface area contributed by atoms with Gasteiger partial charge in [-0.1, -0.05) is 6.07 Å². The molecule has 2 heterocycles. The zero-order valence-electron chi connectivity index (χ0n) is 13.8. The van der Waals surface area contributed by atoms with Gasteiger partial charge in [0, 0.05) is 36.6 Å². The Bertz CT molecular complexity index is 425. The Labute approximate surface area is 155 Å². The quantitative estimate of drug-likeness (QED) is 0.423. The van der Waals surface area contributed by atoms with Crippen LogP contribution in [0.1, 0.15) is 38.5 Å². The Hall–Kier alpha value is -0.340. The third-order valence-corrected chi connectivity index (χ3v) is 4.78. The maximum absolute atomic E-state index is 4.70. The molecule has 6 heteroatoms. The van der Waals surface area contributed by atoms with Crippen molar-refractivity contribution >= 4 is 41.3 Å². The standard InChI is InChI=1S/C16H28N4S.HI/c1-4-17-16(18-12-15-6-5-11-21-15)19-14-7-9-20(10-8-14)13(2)3;/h5-6,11,13-14H,4,7-10,12H2,1-3H3,(H2,17,18,19);1H. The highest BCUT2D eigenvalue weighted by atomic mass is 127. The molecule has 0 aromatic carbocycles. The summed E-state index contributed by atoms with van der Waals surface area (Å²) in [4.78, 5) is 8.55. The third-order valence-electron chi connectivity index (χ3n) is 3.92. The van der Waals surface area contributed by atoms with Gasteiger partial charge in [0.15, 0.2) is 5.96 Å². The fourth-order valence-corrected chi connectivity index (χ4v) is 3.26. The van der Waals surface area contributed by atoms with Gasteiger partial charge in [0.05, 0.1) is 6.54 Å². The molecule has 0 unspecified atom stereocenters. The van der Waals surface area contributed by atoms with Crippen LogP contribution in [-0.4, -0.2) is 42.6 Å². The molecule has 4 nitrogen and oxygen atoms in total. The van der Waals surface area contributed by atoms with Crippen molar-refractivity contribution in [1.82, 2.24) is 15.5 Å². The van der Waals surface area contributed by atoms with Gasteiger partial charge in [0.25, 0.3) is 0 Å². The first-order chi connectivity index (χ1) is 10.2. The minimum Gasteiger partial charge on any atom is -0.357 e. The minimum absolute atomic E-state index is 0. The van der Waals surface area contributed by atoms with Crippen molar-refractivity contribution in [3.63, 3.8) is 0 Å². The number of likely N-dealkylation sites (tertiary alicyclic amines) is 1. The van der Waals surface area contributed by atoms with Crippen LogP contribution in [0.25, 0.3) is 0 Å². The molecule has 0 radical (unpaired) electrons. The number of nitrogens with one attached hydrogen (secondary N) is 2. The topological polar surface area (TPSA) is 39.7 Å². The normalized spacial score (nSPS) is 17.4. The fraction of sp³-hybridized carbons (Fsp3) is 0.688. The average molecular weight is 436 g/mol. The van der Waals surface area contributed by atoms with E-state index in [1.807, 2.05) is 0 Å². The molecule has 2 rings (SSSR count). The van der Waals surface area contributed by atoms with Crippen LogP contribution in [0.5, 0.6) is 0 Å². The fourth-order valence-electron chi connectivity index (χ4n) is 2.63. The third kappa shape index (κ3) is 6.42. The molecule has 1 saturated heterocycles. The molecule has 0 aliphatic carbocycles. The molecule has 126 valence electrons. The van der Waals surface area contributed by atoms with E-state index in [0.29, 0.717) is 12.1 Å². The highest BCUT2D eigenvalue weighted by molar-refractivity contribution is 14.0. The van der Waals surface area contributed by atoms with Crippen LogP contribution in [0.4, 0.5) is 0 Å². The summed E-state index contributed by atoms with van der Waals surface area (Å²) in [7, 11) is 0. The highest BCUT2D eigenvalue weighted by Crippen LogP contribution is 2.13. The molecule has 1 aromatic heterocycles. The summed E-state index contributed by atoms with van der Waals surface area (Å²) in [5.74, 6) is 0.953. The van der Waals surface area contributed by atoms with Gasteiger partial charge >= 0.3 is 0 Å². The summed E-state index contributed by atoms with van der Waals surface area (Å²) < 4.78 is 0. The molecule has 1 fully saturated rings. The lowest BCUT2D eigenvalue weighted by atomic mass is 10.0. The number of rotatable bonds is 5. The Kier molecular flexibility index (Phi) is 9.35. The number of hydrogen-bond acceptors (Lipinski definition) is 3. The zero-order valence-corrected chi connectivity index (χ0v) is 17.0. The van der Waals surface area contributed by atoms with Crippen LogP contribution in [-0.2, 0) is 6.54 Å². The second-order valence-electron chi connectivity index (χ2n) is 5.82. The number of piperidine rings is 1. The van der Waals surface area contributed by atoms with Crippen LogP contribution < -0.4 is 10.6 Å². The molecule has 0 saturated carbocycles. The van der Waals surface area contributed by atoms with Gasteiger partial charge in [-0.3, -0.25) is 0 Å². The number of nitrogens with zero attached hydrogens (tertiary/aromatic N) is 2. The predicted molar refractivity (Wildman–Crippen MR) is 107 cm³/mol. The van der Waals surface area contributed by atoms with Crippen molar-refractivity contribution in [2.24, 2.45) is 4.99 Å². The maximum Gasteiger partial charge on any atom is 0.191 e. The van der Waals surface area contributed by atoms with E-state index in [0.717, 1.165) is 19.0 Å². The van der Waals surface area contributed by atoms with Gasteiger partial charge < -0.3 is 15.5 Å². The molecule has 0 spiro atoms. The molecule has 0 atom stereocenters. The summed E-state index contributed by atoms with van der Waals surface area (Å²) in [5, 5.41) is 9.06. The molecular weight excluding hydrogens is 407 g/mol.